The quantitative estimate of drug-likeness (QED) is 0.683. The highest BCUT2D eigenvalue weighted by molar-refractivity contribution is 5.98. The van der Waals surface area contributed by atoms with Crippen molar-refractivity contribution < 1.29 is 14.3 Å². The van der Waals surface area contributed by atoms with Crippen molar-refractivity contribution in [2.75, 3.05) is 7.11 Å². The molecule has 0 heterocycles. The highest BCUT2D eigenvalue weighted by Crippen LogP contribution is 2.44. The topological polar surface area (TPSA) is 81.4 Å². The largest absolute Gasteiger partial charge is 0.497 e. The summed E-state index contributed by atoms with van der Waals surface area (Å²) in [4.78, 5) is 25.3. The smallest absolute Gasteiger partial charge is 0.240 e. The van der Waals surface area contributed by atoms with Crippen LogP contribution < -0.4 is 15.8 Å². The predicted octanol–water partition coefficient (Wildman–Crippen LogP) is 3.02. The zero-order valence-corrected chi connectivity index (χ0v) is 16.1. The fourth-order valence-electron chi connectivity index (χ4n) is 3.91. The lowest BCUT2D eigenvalue weighted by Gasteiger charge is -2.20. The number of carbonyl (C=O) groups is 2. The van der Waals surface area contributed by atoms with Gasteiger partial charge in [0.05, 0.1) is 13.0 Å². The summed E-state index contributed by atoms with van der Waals surface area (Å²) in [5.74, 6) is -0.513. The van der Waals surface area contributed by atoms with E-state index in [0.717, 1.165) is 33.6 Å². The van der Waals surface area contributed by atoms with Crippen molar-refractivity contribution in [1.29, 1.82) is 0 Å². The summed E-state index contributed by atoms with van der Waals surface area (Å²) in [7, 11) is 1.60. The van der Waals surface area contributed by atoms with Gasteiger partial charge in [0.2, 0.25) is 11.8 Å². The van der Waals surface area contributed by atoms with Crippen LogP contribution in [0.25, 0.3) is 11.1 Å². The number of primary amides is 1. The number of hydrogen-bond acceptors (Lipinski definition) is 3. The van der Waals surface area contributed by atoms with E-state index in [1.807, 2.05) is 72.8 Å². The van der Waals surface area contributed by atoms with E-state index in [-0.39, 0.29) is 5.91 Å². The number of nitrogens with two attached hydrogens (primary N) is 1. The van der Waals surface area contributed by atoms with Crippen molar-refractivity contribution in [3.05, 3.63) is 89.5 Å². The minimum atomic E-state index is -0.796. The van der Waals surface area contributed by atoms with Gasteiger partial charge in [-0.15, -0.1) is 0 Å². The van der Waals surface area contributed by atoms with Gasteiger partial charge in [0.1, 0.15) is 11.8 Å². The van der Waals surface area contributed by atoms with Gasteiger partial charge in [-0.2, -0.15) is 0 Å². The molecule has 3 N–H and O–H groups in total. The molecule has 3 aromatic rings. The molecule has 0 spiro atoms. The van der Waals surface area contributed by atoms with Crippen LogP contribution in [0.2, 0.25) is 0 Å². The number of nitrogens with one attached hydrogen (secondary N) is 1. The molecule has 0 fully saturated rings. The van der Waals surface area contributed by atoms with Crippen LogP contribution in [0.15, 0.2) is 72.8 Å². The molecule has 29 heavy (non-hydrogen) atoms. The molecule has 0 radical (unpaired) electrons. The predicted molar refractivity (Wildman–Crippen MR) is 112 cm³/mol. The van der Waals surface area contributed by atoms with Gasteiger partial charge in [0, 0.05) is 6.42 Å². The Morgan fingerprint density at radius 2 is 1.48 bits per heavy atom. The Kier molecular flexibility index (Phi) is 5.04. The monoisotopic (exact) mass is 386 g/mol. The molecule has 2 amide bonds. The van der Waals surface area contributed by atoms with Crippen LogP contribution in [0.4, 0.5) is 0 Å². The number of hydrogen-bond donors (Lipinski definition) is 2. The molecule has 0 aromatic heterocycles. The maximum absolute atomic E-state index is 13.2. The summed E-state index contributed by atoms with van der Waals surface area (Å²) in [5.41, 5.74) is 10.5. The van der Waals surface area contributed by atoms with Crippen LogP contribution in [0.5, 0.6) is 5.75 Å². The van der Waals surface area contributed by atoms with Crippen molar-refractivity contribution >= 4 is 11.8 Å². The Bertz CT molecular complexity index is 1010. The van der Waals surface area contributed by atoms with Crippen LogP contribution in [0.1, 0.15) is 22.6 Å². The second-order valence-corrected chi connectivity index (χ2v) is 7.12. The second kappa shape index (κ2) is 7.80. The molecule has 1 aliphatic carbocycles. The molecule has 0 bridgehead atoms. The first-order valence-electron chi connectivity index (χ1n) is 9.49. The number of amides is 2. The van der Waals surface area contributed by atoms with Crippen LogP contribution in [-0.4, -0.2) is 25.0 Å². The summed E-state index contributed by atoms with van der Waals surface area (Å²) in [6, 6.07) is 22.3. The minimum Gasteiger partial charge on any atom is -0.497 e. The summed E-state index contributed by atoms with van der Waals surface area (Å²) in [6.45, 7) is 0. The Balaban J connectivity index is 1.59. The fourth-order valence-corrected chi connectivity index (χ4v) is 3.91. The fraction of sp³-hybridized carbons (Fsp3) is 0.167. The molecule has 0 unspecified atom stereocenters. The maximum atomic E-state index is 13.2. The average molecular weight is 386 g/mol. The van der Waals surface area contributed by atoms with Gasteiger partial charge >= 0.3 is 0 Å². The number of fused-ring (bicyclic) bond motifs is 3. The molecule has 1 aliphatic rings. The third kappa shape index (κ3) is 3.59. The Morgan fingerprint density at radius 3 is 2.00 bits per heavy atom. The van der Waals surface area contributed by atoms with Gasteiger partial charge in [-0.25, -0.2) is 0 Å². The lowest BCUT2D eigenvalue weighted by Crippen LogP contribution is -2.47. The molecular formula is C24H22N2O3. The molecular weight excluding hydrogens is 364 g/mol. The molecule has 3 aromatic carbocycles. The average Bonchev–Trinajstić information content (AvgIpc) is 3.08. The van der Waals surface area contributed by atoms with E-state index in [1.165, 1.54) is 0 Å². The van der Waals surface area contributed by atoms with E-state index in [0.29, 0.717) is 6.42 Å². The molecule has 0 saturated carbocycles. The minimum absolute atomic E-state index is 0.222. The SMILES string of the molecule is COc1ccc(C[C@@H](NC(=O)C2c3ccccc3-c3ccccc32)C(N)=O)cc1. The summed E-state index contributed by atoms with van der Waals surface area (Å²) >= 11 is 0. The summed E-state index contributed by atoms with van der Waals surface area (Å²) in [5, 5.41) is 2.87. The van der Waals surface area contributed by atoms with Crippen molar-refractivity contribution in [2.24, 2.45) is 5.73 Å². The van der Waals surface area contributed by atoms with Crippen LogP contribution in [0.3, 0.4) is 0 Å². The van der Waals surface area contributed by atoms with E-state index in [4.69, 9.17) is 10.5 Å². The first-order chi connectivity index (χ1) is 14.1. The van der Waals surface area contributed by atoms with E-state index in [2.05, 4.69) is 5.32 Å². The van der Waals surface area contributed by atoms with Crippen molar-refractivity contribution in [3.63, 3.8) is 0 Å². The molecule has 4 rings (SSSR count). The standard InChI is InChI=1S/C24H22N2O3/c1-29-16-12-10-15(11-13-16)14-21(23(25)27)26-24(28)22-19-8-4-2-6-17(19)18-7-3-5-9-20(18)22/h2-13,21-22H,14H2,1H3,(H2,25,27)(H,26,28)/t21-/m1/s1. The van der Waals surface area contributed by atoms with Crippen molar-refractivity contribution in [1.82, 2.24) is 5.32 Å². The normalized spacial score (nSPS) is 13.3. The first kappa shape index (κ1) is 18.7. The highest BCUT2D eigenvalue weighted by atomic mass is 16.5. The van der Waals surface area contributed by atoms with E-state index in [1.54, 1.807) is 7.11 Å². The molecule has 0 aliphatic heterocycles. The second-order valence-electron chi connectivity index (χ2n) is 7.12. The number of carbonyl (C=O) groups excluding carboxylic acids is 2. The van der Waals surface area contributed by atoms with E-state index >= 15 is 0 Å². The zero-order chi connectivity index (χ0) is 20.4. The number of methoxy groups -OCH3 is 1. The van der Waals surface area contributed by atoms with Crippen LogP contribution in [0, 0.1) is 0 Å². The number of ether oxygens (including phenoxy) is 1. The molecule has 5 heteroatoms. The van der Waals surface area contributed by atoms with Crippen LogP contribution >= 0.6 is 0 Å². The Hall–Kier alpha value is -3.60. The van der Waals surface area contributed by atoms with Crippen molar-refractivity contribution in [2.45, 2.75) is 18.4 Å². The van der Waals surface area contributed by atoms with Gasteiger partial charge in [-0.05, 0) is 39.9 Å². The third-order valence-electron chi connectivity index (χ3n) is 5.35. The van der Waals surface area contributed by atoms with Gasteiger partial charge in [-0.1, -0.05) is 60.7 Å². The Morgan fingerprint density at radius 1 is 0.931 bits per heavy atom. The summed E-state index contributed by atoms with van der Waals surface area (Å²) < 4.78 is 5.16. The lowest BCUT2D eigenvalue weighted by atomic mass is 9.95. The molecule has 1 atom stereocenters. The molecule has 0 saturated heterocycles. The van der Waals surface area contributed by atoms with Crippen LogP contribution in [-0.2, 0) is 16.0 Å². The van der Waals surface area contributed by atoms with Crippen molar-refractivity contribution in [3.8, 4) is 16.9 Å². The van der Waals surface area contributed by atoms with Gasteiger partial charge < -0.3 is 15.8 Å². The third-order valence-corrected chi connectivity index (χ3v) is 5.35. The summed E-state index contributed by atoms with van der Waals surface area (Å²) in [6.07, 6.45) is 0.321. The molecule has 5 nitrogen and oxygen atoms in total. The van der Waals surface area contributed by atoms with E-state index in [9.17, 15) is 9.59 Å². The first-order valence-corrected chi connectivity index (χ1v) is 9.49. The van der Waals surface area contributed by atoms with Gasteiger partial charge in [0.15, 0.2) is 0 Å². The Labute approximate surface area is 169 Å². The van der Waals surface area contributed by atoms with Gasteiger partial charge in [0.25, 0.3) is 0 Å². The molecule has 146 valence electrons. The zero-order valence-electron chi connectivity index (χ0n) is 16.1. The lowest BCUT2D eigenvalue weighted by molar-refractivity contribution is -0.127. The van der Waals surface area contributed by atoms with Gasteiger partial charge in [-0.3, -0.25) is 9.59 Å². The van der Waals surface area contributed by atoms with E-state index < -0.39 is 17.9 Å². The number of benzene rings is 3. The number of rotatable bonds is 6. The maximum Gasteiger partial charge on any atom is 0.240 e. The highest BCUT2D eigenvalue weighted by Gasteiger charge is 2.34.